The average molecular weight is 476 g/mol. The second kappa shape index (κ2) is 8.69. The molecule has 1 aliphatic heterocycles. The predicted molar refractivity (Wildman–Crippen MR) is 119 cm³/mol. The third-order valence-corrected chi connectivity index (χ3v) is 6.49. The van der Waals surface area contributed by atoms with Gasteiger partial charge in [0.25, 0.3) is 5.91 Å². The zero-order valence-electron chi connectivity index (χ0n) is 16.4. The van der Waals surface area contributed by atoms with Gasteiger partial charge in [-0.15, -0.1) is 0 Å². The lowest BCUT2D eigenvalue weighted by atomic mass is 10.2. The van der Waals surface area contributed by atoms with Crippen molar-refractivity contribution in [3.8, 4) is 11.5 Å². The molecule has 2 heterocycles. The topological polar surface area (TPSA) is 54.9 Å². The summed E-state index contributed by atoms with van der Waals surface area (Å²) < 4.78 is 12.8. The lowest BCUT2D eigenvalue weighted by molar-refractivity contribution is 0.0983. The maximum atomic E-state index is 13.4. The van der Waals surface area contributed by atoms with Gasteiger partial charge in [-0.25, -0.2) is 4.98 Å². The van der Waals surface area contributed by atoms with Gasteiger partial charge in [-0.1, -0.05) is 47.2 Å². The monoisotopic (exact) mass is 475 g/mol. The van der Waals surface area contributed by atoms with Crippen LogP contribution in [0.3, 0.4) is 0 Å². The van der Waals surface area contributed by atoms with Crippen molar-refractivity contribution in [2.45, 2.75) is 13.8 Å². The summed E-state index contributed by atoms with van der Waals surface area (Å²) in [6.45, 7) is 7.72. The zero-order chi connectivity index (χ0) is 20.4. The van der Waals surface area contributed by atoms with Gasteiger partial charge >= 0.3 is 0 Å². The molecule has 1 amide bonds. The van der Waals surface area contributed by atoms with Crippen LogP contribution < -0.4 is 14.4 Å². The van der Waals surface area contributed by atoms with Gasteiger partial charge in [0.05, 0.1) is 10.2 Å². The number of likely N-dealkylation sites (N-methyl/N-ethyl adjacent to an activating group) is 1. The van der Waals surface area contributed by atoms with Gasteiger partial charge in [-0.3, -0.25) is 9.69 Å². The lowest BCUT2D eigenvalue weighted by Crippen LogP contribution is -2.38. The maximum absolute atomic E-state index is 13.4. The Morgan fingerprint density at radius 1 is 1.14 bits per heavy atom. The number of anilines is 1. The summed E-state index contributed by atoms with van der Waals surface area (Å²) in [5.41, 5.74) is 1.44. The quantitative estimate of drug-likeness (QED) is 0.492. The van der Waals surface area contributed by atoms with Crippen LogP contribution in [0.4, 0.5) is 5.13 Å². The van der Waals surface area contributed by atoms with Crippen molar-refractivity contribution in [3.05, 3.63) is 46.4 Å². The Hall–Kier alpha value is -2.16. The molecule has 2 aromatic carbocycles. The molecule has 29 heavy (non-hydrogen) atoms. The molecule has 0 fully saturated rings. The number of carbonyl (C=O) groups is 1. The minimum atomic E-state index is -0.0578. The van der Waals surface area contributed by atoms with Crippen molar-refractivity contribution >= 4 is 48.5 Å². The second-order valence-corrected chi connectivity index (χ2v) is 8.59. The third kappa shape index (κ3) is 4.24. The molecule has 0 saturated carbocycles. The highest BCUT2D eigenvalue weighted by Gasteiger charge is 2.24. The van der Waals surface area contributed by atoms with Crippen LogP contribution in [0.2, 0.25) is 0 Å². The van der Waals surface area contributed by atoms with E-state index >= 15 is 0 Å². The molecule has 0 saturated heterocycles. The number of halogens is 1. The van der Waals surface area contributed by atoms with E-state index in [4.69, 9.17) is 14.5 Å². The average Bonchev–Trinajstić information content (AvgIpc) is 3.34. The molecule has 0 bridgehead atoms. The number of aromatic nitrogens is 1. The van der Waals surface area contributed by atoms with Crippen LogP contribution in [-0.2, 0) is 0 Å². The Morgan fingerprint density at radius 3 is 2.62 bits per heavy atom. The number of benzene rings is 2. The Labute approximate surface area is 182 Å². The number of hydrogen-bond acceptors (Lipinski definition) is 6. The smallest absolute Gasteiger partial charge is 0.260 e. The van der Waals surface area contributed by atoms with Crippen molar-refractivity contribution in [2.24, 2.45) is 0 Å². The highest BCUT2D eigenvalue weighted by atomic mass is 79.9. The number of nitrogens with zero attached hydrogens (tertiary/aromatic N) is 3. The summed E-state index contributed by atoms with van der Waals surface area (Å²) >= 11 is 4.95. The minimum absolute atomic E-state index is 0.0578. The molecule has 3 aromatic rings. The van der Waals surface area contributed by atoms with Crippen molar-refractivity contribution in [1.29, 1.82) is 0 Å². The zero-order valence-corrected chi connectivity index (χ0v) is 18.8. The fourth-order valence-electron chi connectivity index (χ4n) is 3.26. The van der Waals surface area contributed by atoms with Crippen molar-refractivity contribution in [2.75, 3.05) is 37.9 Å². The van der Waals surface area contributed by atoms with E-state index in [1.54, 1.807) is 4.90 Å². The van der Waals surface area contributed by atoms with Crippen LogP contribution in [0, 0.1) is 0 Å². The fraction of sp³-hybridized carbons (Fsp3) is 0.333. The summed E-state index contributed by atoms with van der Waals surface area (Å²) in [5.74, 6) is 1.36. The highest BCUT2D eigenvalue weighted by Crippen LogP contribution is 2.40. The van der Waals surface area contributed by atoms with Gasteiger partial charge in [0.15, 0.2) is 16.6 Å². The van der Waals surface area contributed by atoms with Crippen LogP contribution >= 0.6 is 27.3 Å². The number of ether oxygens (including phenoxy) is 2. The van der Waals surface area contributed by atoms with E-state index in [1.165, 1.54) is 11.3 Å². The Balaban J connectivity index is 1.69. The summed E-state index contributed by atoms with van der Waals surface area (Å²) in [6, 6.07) is 11.3. The van der Waals surface area contributed by atoms with Crippen LogP contribution in [0.1, 0.15) is 24.2 Å². The van der Waals surface area contributed by atoms with Gasteiger partial charge < -0.3 is 14.4 Å². The van der Waals surface area contributed by atoms with Gasteiger partial charge in [-0.05, 0) is 31.3 Å². The van der Waals surface area contributed by atoms with Crippen LogP contribution in [0.15, 0.2) is 40.9 Å². The van der Waals surface area contributed by atoms with E-state index in [0.717, 1.165) is 40.1 Å². The standard InChI is InChI=1S/C21H22BrN3O3S/c1-3-24(4-2)8-9-25(20(26)14-6-5-7-15(22)10-14)21-23-16-11-17-18(28-13-27-17)12-19(16)29-21/h5-7,10-12H,3-4,8-9,13H2,1-2H3. The highest BCUT2D eigenvalue weighted by molar-refractivity contribution is 9.10. The van der Waals surface area contributed by atoms with Gasteiger partial charge in [0.1, 0.15) is 0 Å². The predicted octanol–water partition coefficient (Wildman–Crippen LogP) is 4.78. The molecule has 6 nitrogen and oxygen atoms in total. The molecule has 0 N–H and O–H groups in total. The number of hydrogen-bond donors (Lipinski definition) is 0. The SMILES string of the molecule is CCN(CC)CCN(C(=O)c1cccc(Br)c1)c1nc2cc3c(cc2s1)OCO3. The van der Waals surface area contributed by atoms with Crippen LogP contribution in [0.5, 0.6) is 11.5 Å². The molecule has 1 aliphatic rings. The molecule has 0 unspecified atom stereocenters. The van der Waals surface area contributed by atoms with Gasteiger partial charge in [0, 0.05) is 35.3 Å². The number of fused-ring (bicyclic) bond motifs is 2. The summed E-state index contributed by atoms with van der Waals surface area (Å²) in [4.78, 5) is 22.2. The summed E-state index contributed by atoms with van der Waals surface area (Å²) in [6.07, 6.45) is 0. The molecular weight excluding hydrogens is 454 g/mol. The first kappa shape index (κ1) is 20.1. The molecule has 0 spiro atoms. The maximum Gasteiger partial charge on any atom is 0.260 e. The summed E-state index contributed by atoms with van der Waals surface area (Å²) in [5, 5.41) is 0.681. The molecule has 1 aromatic heterocycles. The first-order valence-corrected chi connectivity index (χ1v) is 11.2. The van der Waals surface area contributed by atoms with E-state index in [1.807, 2.05) is 36.4 Å². The number of amides is 1. The van der Waals surface area contributed by atoms with E-state index in [-0.39, 0.29) is 12.7 Å². The van der Waals surface area contributed by atoms with Crippen molar-refractivity contribution in [1.82, 2.24) is 9.88 Å². The molecule has 0 radical (unpaired) electrons. The molecule has 0 atom stereocenters. The fourth-order valence-corrected chi connectivity index (χ4v) is 4.66. The van der Waals surface area contributed by atoms with E-state index < -0.39 is 0 Å². The van der Waals surface area contributed by atoms with Crippen LogP contribution in [-0.4, -0.2) is 48.8 Å². The molecule has 8 heteroatoms. The van der Waals surface area contributed by atoms with Gasteiger partial charge in [-0.2, -0.15) is 0 Å². The molecular formula is C21H22BrN3O3S. The molecule has 152 valence electrons. The molecule has 0 aliphatic carbocycles. The first-order valence-electron chi connectivity index (χ1n) is 9.59. The number of carbonyl (C=O) groups excluding carboxylic acids is 1. The Kier molecular flexibility index (Phi) is 6.03. The first-order chi connectivity index (χ1) is 14.1. The van der Waals surface area contributed by atoms with E-state index in [2.05, 4.69) is 34.7 Å². The van der Waals surface area contributed by atoms with Crippen molar-refractivity contribution in [3.63, 3.8) is 0 Å². The number of rotatable bonds is 7. The van der Waals surface area contributed by atoms with E-state index in [9.17, 15) is 4.79 Å². The Morgan fingerprint density at radius 2 is 1.90 bits per heavy atom. The van der Waals surface area contributed by atoms with Gasteiger partial charge in [0.2, 0.25) is 6.79 Å². The van der Waals surface area contributed by atoms with Crippen LogP contribution in [0.25, 0.3) is 10.2 Å². The normalized spacial score (nSPS) is 12.7. The lowest BCUT2D eigenvalue weighted by Gasteiger charge is -2.24. The van der Waals surface area contributed by atoms with E-state index in [0.29, 0.717) is 23.0 Å². The second-order valence-electron chi connectivity index (χ2n) is 6.66. The summed E-state index contributed by atoms with van der Waals surface area (Å²) in [7, 11) is 0. The van der Waals surface area contributed by atoms with Crippen molar-refractivity contribution < 1.29 is 14.3 Å². The minimum Gasteiger partial charge on any atom is -0.454 e. The molecule has 4 rings (SSSR count). The third-order valence-electron chi connectivity index (χ3n) is 4.95. The number of thiazole rings is 1. The Bertz CT molecular complexity index is 994. The largest absolute Gasteiger partial charge is 0.454 e.